The van der Waals surface area contributed by atoms with E-state index in [0.29, 0.717) is 32.8 Å². The van der Waals surface area contributed by atoms with Gasteiger partial charge in [-0.2, -0.15) is 0 Å². The van der Waals surface area contributed by atoms with Gasteiger partial charge < -0.3 is 24.9 Å². The lowest BCUT2D eigenvalue weighted by Gasteiger charge is -2.42. The molecule has 3 aromatic carbocycles. The second-order valence-electron chi connectivity index (χ2n) is 10.3. The van der Waals surface area contributed by atoms with Crippen LogP contribution in [0.5, 0.6) is 0 Å². The first-order valence-corrected chi connectivity index (χ1v) is 13.0. The smallest absolute Gasteiger partial charge is 0.0717 e. The highest BCUT2D eigenvalue weighted by Gasteiger charge is 2.51. The summed E-state index contributed by atoms with van der Waals surface area (Å²) in [6.45, 7) is 2.88. The average Bonchev–Trinajstić information content (AvgIpc) is 3.15. The number of fused-ring (bicyclic) bond motifs is 7. The summed E-state index contributed by atoms with van der Waals surface area (Å²) >= 11 is 0. The molecule has 0 amide bonds. The summed E-state index contributed by atoms with van der Waals surface area (Å²) in [6, 6.07) is 29.2. The molecule has 0 spiro atoms. The molecular formula is C31H34N2O3. The molecule has 5 nitrogen and oxygen atoms in total. The minimum atomic E-state index is -0.492. The van der Waals surface area contributed by atoms with Crippen molar-refractivity contribution in [1.82, 2.24) is 10.3 Å². The van der Waals surface area contributed by atoms with E-state index in [1.54, 1.807) is 0 Å². The molecule has 4 aromatic rings. The maximum absolute atomic E-state index is 11.5. The van der Waals surface area contributed by atoms with Crippen molar-refractivity contribution in [3.05, 3.63) is 107 Å². The molecule has 36 heavy (non-hydrogen) atoms. The number of hydrogen-bond donors (Lipinski definition) is 3. The average molecular weight is 483 g/mol. The molecule has 2 aliphatic rings. The number of aromatic nitrogens is 1. The van der Waals surface area contributed by atoms with Crippen molar-refractivity contribution >= 4 is 10.9 Å². The highest BCUT2D eigenvalue weighted by molar-refractivity contribution is 5.86. The summed E-state index contributed by atoms with van der Waals surface area (Å²) in [6.07, 6.45) is 1.12. The Morgan fingerprint density at radius 1 is 0.806 bits per heavy atom. The van der Waals surface area contributed by atoms with Gasteiger partial charge in [-0.25, -0.2) is 0 Å². The lowest BCUT2D eigenvalue weighted by molar-refractivity contribution is -0.0529. The fourth-order valence-electron chi connectivity index (χ4n) is 6.31. The van der Waals surface area contributed by atoms with Crippen LogP contribution in [0.15, 0.2) is 84.9 Å². The number of aromatic amines is 1. The minimum Gasteiger partial charge on any atom is -0.393 e. The van der Waals surface area contributed by atoms with Crippen LogP contribution < -0.4 is 5.32 Å². The predicted octanol–water partition coefficient (Wildman–Crippen LogP) is 5.25. The van der Waals surface area contributed by atoms with Crippen molar-refractivity contribution in [2.45, 2.75) is 43.6 Å². The zero-order valence-corrected chi connectivity index (χ0v) is 20.5. The van der Waals surface area contributed by atoms with Crippen molar-refractivity contribution in [2.24, 2.45) is 5.92 Å². The SMILES string of the molecule is OC1CC2NCCC1C(COCc1ccccc1)(COCc1ccccc1)c1[nH]c3ccccc3c12. The largest absolute Gasteiger partial charge is 0.393 e. The molecule has 3 N–H and O–H groups in total. The minimum absolute atomic E-state index is 0.0101. The summed E-state index contributed by atoms with van der Waals surface area (Å²) in [5, 5.41) is 16.5. The number of ether oxygens (including phenoxy) is 2. The monoisotopic (exact) mass is 482 g/mol. The van der Waals surface area contributed by atoms with Gasteiger partial charge in [-0.3, -0.25) is 0 Å². The Labute approximate surface area is 212 Å². The zero-order chi connectivity index (χ0) is 24.4. The number of hydrogen-bond acceptors (Lipinski definition) is 4. The van der Waals surface area contributed by atoms with Gasteiger partial charge in [-0.15, -0.1) is 0 Å². The molecule has 2 heterocycles. The summed E-state index contributed by atoms with van der Waals surface area (Å²) < 4.78 is 13.0. The van der Waals surface area contributed by atoms with Gasteiger partial charge in [0.2, 0.25) is 0 Å². The number of rotatable bonds is 8. The van der Waals surface area contributed by atoms with Crippen molar-refractivity contribution in [2.75, 3.05) is 19.8 Å². The molecule has 1 aromatic heterocycles. The Hall–Kier alpha value is -2.96. The van der Waals surface area contributed by atoms with E-state index in [9.17, 15) is 5.11 Å². The summed E-state index contributed by atoms with van der Waals surface area (Å²) in [7, 11) is 0. The second-order valence-corrected chi connectivity index (χ2v) is 10.3. The first kappa shape index (κ1) is 23.4. The van der Waals surface area contributed by atoms with E-state index in [2.05, 4.69) is 58.8 Å². The lowest BCUT2D eigenvalue weighted by Crippen LogP contribution is -2.49. The Kier molecular flexibility index (Phi) is 6.63. The summed E-state index contributed by atoms with van der Waals surface area (Å²) in [4.78, 5) is 3.78. The van der Waals surface area contributed by atoms with Crippen molar-refractivity contribution in [3.8, 4) is 0 Å². The molecule has 1 fully saturated rings. The van der Waals surface area contributed by atoms with Crippen LogP contribution in [0.25, 0.3) is 10.9 Å². The standard InChI is InChI=1S/C31H34N2O3/c34-28-17-27-29-24-13-7-8-14-26(24)33-30(29)31(25(28)15-16-32-27,20-35-18-22-9-3-1-4-10-22)21-36-19-23-11-5-2-6-12-23/h1-14,25,27-28,32-34H,15-21H2. The van der Waals surface area contributed by atoms with Crippen LogP contribution in [-0.4, -0.2) is 36.0 Å². The number of aliphatic hydroxyl groups excluding tert-OH is 1. The van der Waals surface area contributed by atoms with E-state index in [4.69, 9.17) is 9.47 Å². The van der Waals surface area contributed by atoms with Gasteiger partial charge in [0.1, 0.15) is 0 Å². The fourth-order valence-corrected chi connectivity index (χ4v) is 6.31. The molecule has 1 aliphatic carbocycles. The maximum atomic E-state index is 11.5. The summed E-state index contributed by atoms with van der Waals surface area (Å²) in [5.41, 5.74) is 5.34. The predicted molar refractivity (Wildman–Crippen MR) is 142 cm³/mol. The van der Waals surface area contributed by atoms with Gasteiger partial charge in [-0.05, 0) is 42.1 Å². The molecule has 1 aliphatic heterocycles. The quantitative estimate of drug-likeness (QED) is 0.321. The first-order chi connectivity index (χ1) is 17.7. The van der Waals surface area contributed by atoms with Crippen LogP contribution in [0, 0.1) is 5.92 Å². The third kappa shape index (κ3) is 4.37. The molecule has 6 rings (SSSR count). The number of benzene rings is 3. The Bertz CT molecular complexity index is 1240. The van der Waals surface area contributed by atoms with E-state index < -0.39 is 11.5 Å². The lowest BCUT2D eigenvalue weighted by atomic mass is 9.69. The number of nitrogens with one attached hydrogen (secondary N) is 2. The number of para-hydroxylation sites is 1. The normalized spacial score (nSPS) is 22.8. The van der Waals surface area contributed by atoms with Crippen LogP contribution in [0.1, 0.15) is 41.3 Å². The molecule has 1 saturated heterocycles. The highest BCUT2D eigenvalue weighted by Crippen LogP contribution is 2.49. The molecule has 2 bridgehead atoms. The third-order valence-electron chi connectivity index (χ3n) is 8.03. The molecule has 5 heteroatoms. The fraction of sp³-hybridized carbons (Fsp3) is 0.355. The first-order valence-electron chi connectivity index (χ1n) is 13.0. The second kappa shape index (κ2) is 10.2. The van der Waals surface area contributed by atoms with Crippen LogP contribution in [0.4, 0.5) is 0 Å². The molecule has 3 atom stereocenters. The van der Waals surface area contributed by atoms with Gasteiger partial charge >= 0.3 is 0 Å². The third-order valence-corrected chi connectivity index (χ3v) is 8.03. The van der Waals surface area contributed by atoms with Crippen LogP contribution in [0.2, 0.25) is 0 Å². The molecule has 3 unspecified atom stereocenters. The van der Waals surface area contributed by atoms with Crippen molar-refractivity contribution in [3.63, 3.8) is 0 Å². The highest BCUT2D eigenvalue weighted by atomic mass is 16.5. The van der Waals surface area contributed by atoms with Crippen molar-refractivity contribution < 1.29 is 14.6 Å². The van der Waals surface area contributed by atoms with E-state index in [1.807, 2.05) is 36.4 Å². The Morgan fingerprint density at radius 2 is 1.42 bits per heavy atom. The molecule has 0 saturated carbocycles. The van der Waals surface area contributed by atoms with Gasteiger partial charge in [-0.1, -0.05) is 78.9 Å². The Morgan fingerprint density at radius 3 is 2.08 bits per heavy atom. The molecule has 0 radical (unpaired) electrons. The van der Waals surface area contributed by atoms with Crippen molar-refractivity contribution in [1.29, 1.82) is 0 Å². The molecule has 186 valence electrons. The van der Waals surface area contributed by atoms with Crippen LogP contribution in [-0.2, 0) is 28.1 Å². The van der Waals surface area contributed by atoms with E-state index in [-0.39, 0.29) is 12.0 Å². The van der Waals surface area contributed by atoms with Gasteiger partial charge in [0.15, 0.2) is 0 Å². The van der Waals surface area contributed by atoms with E-state index in [1.165, 1.54) is 10.9 Å². The zero-order valence-electron chi connectivity index (χ0n) is 20.5. The number of H-pyrrole nitrogens is 1. The van der Waals surface area contributed by atoms with E-state index in [0.717, 1.165) is 35.3 Å². The van der Waals surface area contributed by atoms with Crippen LogP contribution in [0.3, 0.4) is 0 Å². The summed E-state index contributed by atoms with van der Waals surface area (Å²) in [5.74, 6) is 0.0101. The molecular weight excluding hydrogens is 448 g/mol. The van der Waals surface area contributed by atoms with Crippen LogP contribution >= 0.6 is 0 Å². The Balaban J connectivity index is 1.41. The van der Waals surface area contributed by atoms with E-state index >= 15 is 0 Å². The number of aliphatic hydroxyl groups is 1. The van der Waals surface area contributed by atoms with Gasteiger partial charge in [0, 0.05) is 28.6 Å². The topological polar surface area (TPSA) is 66.5 Å². The van der Waals surface area contributed by atoms with Gasteiger partial charge in [0.05, 0.1) is 37.9 Å². The maximum Gasteiger partial charge on any atom is 0.0717 e. The van der Waals surface area contributed by atoms with Gasteiger partial charge in [0.25, 0.3) is 0 Å².